The van der Waals surface area contributed by atoms with Gasteiger partial charge in [-0.15, -0.1) is 0 Å². The first-order valence-electron chi connectivity index (χ1n) is 7.03. The number of aryl methyl sites for hydroxylation is 1. The number of nitrogens with zero attached hydrogens (tertiary/aromatic N) is 3. The van der Waals surface area contributed by atoms with Crippen molar-refractivity contribution in [3.8, 4) is 0 Å². The summed E-state index contributed by atoms with van der Waals surface area (Å²) >= 11 is 0. The van der Waals surface area contributed by atoms with Crippen LogP contribution >= 0.6 is 0 Å². The minimum atomic E-state index is -0.0798. The molecule has 1 fully saturated rings. The van der Waals surface area contributed by atoms with Gasteiger partial charge in [0, 0.05) is 19.3 Å². The zero-order chi connectivity index (χ0) is 13.9. The van der Waals surface area contributed by atoms with Crippen LogP contribution in [0.15, 0.2) is 36.5 Å². The maximum atomic E-state index is 13.8. The summed E-state index contributed by atoms with van der Waals surface area (Å²) in [5.74, 6) is 2.00. The summed E-state index contributed by atoms with van der Waals surface area (Å²) < 4.78 is 13.8. The molecule has 0 amide bonds. The Bertz CT molecular complexity index is 592. The van der Waals surface area contributed by atoms with Crippen LogP contribution in [0.1, 0.15) is 30.1 Å². The van der Waals surface area contributed by atoms with Gasteiger partial charge in [0.15, 0.2) is 0 Å². The third kappa shape index (κ3) is 2.64. The number of benzene rings is 1. The highest BCUT2D eigenvalue weighted by Gasteiger charge is 2.23. The molecular weight excluding hydrogens is 253 g/mol. The van der Waals surface area contributed by atoms with Crippen LogP contribution in [0.4, 0.5) is 10.2 Å². The quantitative estimate of drug-likeness (QED) is 0.839. The molecule has 0 N–H and O–H groups in total. The van der Waals surface area contributed by atoms with Gasteiger partial charge in [0.1, 0.15) is 17.5 Å². The molecule has 0 radical (unpaired) electrons. The smallest absolute Gasteiger partial charge is 0.132 e. The molecule has 2 aromatic rings. The third-order valence-corrected chi connectivity index (χ3v) is 3.93. The van der Waals surface area contributed by atoms with Crippen molar-refractivity contribution in [2.45, 2.75) is 25.7 Å². The second-order valence-corrected chi connectivity index (χ2v) is 5.24. The number of hydrogen-bond donors (Lipinski definition) is 0. The lowest BCUT2D eigenvalue weighted by Gasteiger charge is -2.33. The summed E-state index contributed by atoms with van der Waals surface area (Å²) in [6, 6.07) is 9.06. The van der Waals surface area contributed by atoms with E-state index in [1.165, 1.54) is 0 Å². The predicted molar refractivity (Wildman–Crippen MR) is 77.4 cm³/mol. The SMILES string of the molecule is Cc1nccc(N2CCC(c3ccccc3F)CC2)n1. The number of halogens is 1. The maximum Gasteiger partial charge on any atom is 0.132 e. The van der Waals surface area contributed by atoms with Crippen molar-refractivity contribution < 1.29 is 4.39 Å². The largest absolute Gasteiger partial charge is 0.356 e. The zero-order valence-electron chi connectivity index (χ0n) is 11.6. The van der Waals surface area contributed by atoms with Crippen LogP contribution in [0.2, 0.25) is 0 Å². The molecule has 1 aromatic carbocycles. The van der Waals surface area contributed by atoms with Crippen molar-refractivity contribution in [1.82, 2.24) is 9.97 Å². The van der Waals surface area contributed by atoms with Crippen molar-refractivity contribution in [1.29, 1.82) is 0 Å². The summed E-state index contributed by atoms with van der Waals surface area (Å²) in [4.78, 5) is 10.8. The zero-order valence-corrected chi connectivity index (χ0v) is 11.6. The highest BCUT2D eigenvalue weighted by atomic mass is 19.1. The number of rotatable bonds is 2. The molecule has 3 rings (SSSR count). The Morgan fingerprint density at radius 2 is 1.90 bits per heavy atom. The van der Waals surface area contributed by atoms with Gasteiger partial charge in [-0.3, -0.25) is 0 Å². The molecule has 0 saturated carbocycles. The van der Waals surface area contributed by atoms with Gasteiger partial charge in [0.2, 0.25) is 0 Å². The summed E-state index contributed by atoms with van der Waals surface area (Å²) in [6.07, 6.45) is 3.72. The molecular formula is C16H18FN3. The van der Waals surface area contributed by atoms with Gasteiger partial charge >= 0.3 is 0 Å². The predicted octanol–water partition coefficient (Wildman–Crippen LogP) is 3.31. The summed E-state index contributed by atoms with van der Waals surface area (Å²) in [7, 11) is 0. The molecule has 0 aliphatic carbocycles. The van der Waals surface area contributed by atoms with E-state index in [-0.39, 0.29) is 5.82 Å². The Kier molecular flexibility index (Phi) is 3.63. The van der Waals surface area contributed by atoms with Crippen molar-refractivity contribution in [2.75, 3.05) is 18.0 Å². The van der Waals surface area contributed by atoms with Crippen LogP contribution in [-0.4, -0.2) is 23.1 Å². The molecule has 1 aliphatic heterocycles. The van der Waals surface area contributed by atoms with Gasteiger partial charge in [-0.1, -0.05) is 18.2 Å². The van der Waals surface area contributed by atoms with Gasteiger partial charge in [0.05, 0.1) is 0 Å². The van der Waals surface area contributed by atoms with E-state index in [1.54, 1.807) is 18.3 Å². The minimum absolute atomic E-state index is 0.0798. The highest BCUT2D eigenvalue weighted by molar-refractivity contribution is 5.38. The van der Waals surface area contributed by atoms with E-state index < -0.39 is 0 Å². The van der Waals surface area contributed by atoms with E-state index in [1.807, 2.05) is 25.1 Å². The van der Waals surface area contributed by atoms with Gasteiger partial charge in [-0.25, -0.2) is 14.4 Å². The molecule has 0 bridgehead atoms. The van der Waals surface area contributed by atoms with E-state index in [2.05, 4.69) is 14.9 Å². The lowest BCUT2D eigenvalue weighted by atomic mass is 9.89. The Balaban J connectivity index is 1.70. The van der Waals surface area contributed by atoms with Crippen LogP contribution in [0.3, 0.4) is 0 Å². The summed E-state index contributed by atoms with van der Waals surface area (Å²) in [5, 5.41) is 0. The molecule has 2 heterocycles. The van der Waals surface area contributed by atoms with E-state index in [0.29, 0.717) is 5.92 Å². The van der Waals surface area contributed by atoms with Crippen LogP contribution in [0.25, 0.3) is 0 Å². The second kappa shape index (κ2) is 5.57. The molecule has 1 aromatic heterocycles. The fourth-order valence-corrected chi connectivity index (χ4v) is 2.85. The Morgan fingerprint density at radius 1 is 1.15 bits per heavy atom. The van der Waals surface area contributed by atoms with Crippen LogP contribution < -0.4 is 4.90 Å². The Hall–Kier alpha value is -1.97. The molecule has 3 nitrogen and oxygen atoms in total. The van der Waals surface area contributed by atoms with Crippen LogP contribution in [-0.2, 0) is 0 Å². The van der Waals surface area contributed by atoms with E-state index in [9.17, 15) is 4.39 Å². The topological polar surface area (TPSA) is 29.0 Å². The molecule has 104 valence electrons. The molecule has 4 heteroatoms. The number of anilines is 1. The fourth-order valence-electron chi connectivity index (χ4n) is 2.85. The number of hydrogen-bond acceptors (Lipinski definition) is 3. The molecule has 1 saturated heterocycles. The van der Waals surface area contributed by atoms with Crippen molar-refractivity contribution in [3.05, 3.63) is 53.7 Å². The monoisotopic (exact) mass is 271 g/mol. The number of piperidine rings is 1. The first-order chi connectivity index (χ1) is 9.74. The molecule has 0 spiro atoms. The standard InChI is InChI=1S/C16H18FN3/c1-12-18-9-6-16(19-12)20-10-7-13(8-11-20)14-4-2-3-5-15(14)17/h2-6,9,13H,7-8,10-11H2,1H3. The number of aromatic nitrogens is 2. The normalized spacial score (nSPS) is 16.4. The Morgan fingerprint density at radius 3 is 2.60 bits per heavy atom. The highest BCUT2D eigenvalue weighted by Crippen LogP contribution is 2.31. The van der Waals surface area contributed by atoms with Gasteiger partial charge in [-0.05, 0) is 43.4 Å². The van der Waals surface area contributed by atoms with Gasteiger partial charge in [0.25, 0.3) is 0 Å². The third-order valence-electron chi connectivity index (χ3n) is 3.93. The molecule has 1 aliphatic rings. The Labute approximate surface area is 118 Å². The summed E-state index contributed by atoms with van der Waals surface area (Å²) in [5.41, 5.74) is 0.853. The van der Waals surface area contributed by atoms with Crippen molar-refractivity contribution in [3.63, 3.8) is 0 Å². The van der Waals surface area contributed by atoms with Gasteiger partial charge in [-0.2, -0.15) is 0 Å². The maximum absolute atomic E-state index is 13.8. The summed E-state index contributed by atoms with van der Waals surface area (Å²) in [6.45, 7) is 3.72. The average molecular weight is 271 g/mol. The average Bonchev–Trinajstić information content (AvgIpc) is 2.48. The fraction of sp³-hybridized carbons (Fsp3) is 0.375. The van der Waals surface area contributed by atoms with Crippen LogP contribution in [0.5, 0.6) is 0 Å². The second-order valence-electron chi connectivity index (χ2n) is 5.24. The first kappa shape index (κ1) is 13.0. The van der Waals surface area contributed by atoms with Crippen molar-refractivity contribution in [2.24, 2.45) is 0 Å². The molecule has 0 unspecified atom stereocenters. The van der Waals surface area contributed by atoms with E-state index in [0.717, 1.165) is 43.1 Å². The molecule has 0 atom stereocenters. The van der Waals surface area contributed by atoms with E-state index in [4.69, 9.17) is 0 Å². The lowest BCUT2D eigenvalue weighted by molar-refractivity contribution is 0.479. The van der Waals surface area contributed by atoms with Crippen LogP contribution in [0, 0.1) is 12.7 Å². The lowest BCUT2D eigenvalue weighted by Crippen LogP contribution is -2.33. The van der Waals surface area contributed by atoms with Crippen molar-refractivity contribution >= 4 is 5.82 Å². The minimum Gasteiger partial charge on any atom is -0.356 e. The molecule has 20 heavy (non-hydrogen) atoms. The van der Waals surface area contributed by atoms with E-state index >= 15 is 0 Å². The first-order valence-corrected chi connectivity index (χ1v) is 7.03. The van der Waals surface area contributed by atoms with Gasteiger partial charge < -0.3 is 4.90 Å².